The van der Waals surface area contributed by atoms with Crippen molar-refractivity contribution in [1.29, 1.82) is 0 Å². The zero-order valence-electron chi connectivity index (χ0n) is 23.0. The second kappa shape index (κ2) is 9.10. The zero-order chi connectivity index (χ0) is 26.9. The van der Waals surface area contributed by atoms with E-state index in [2.05, 4.69) is 20.8 Å². The van der Waals surface area contributed by atoms with Crippen LogP contribution in [0.4, 0.5) is 0 Å². The van der Waals surface area contributed by atoms with E-state index in [1.807, 2.05) is 47.7 Å². The first-order chi connectivity index (χ1) is 16.3. The lowest BCUT2D eigenvalue weighted by molar-refractivity contribution is -0.240. The normalized spacial score (nSPS) is 31.9. The number of fused-ring (bicyclic) bond motifs is 3. The number of ether oxygens (including phenoxy) is 5. The van der Waals surface area contributed by atoms with Crippen molar-refractivity contribution in [2.45, 2.75) is 121 Å². The fourth-order valence-electron chi connectivity index (χ4n) is 4.39. The van der Waals surface area contributed by atoms with Gasteiger partial charge in [-0.1, -0.05) is 42.9 Å². The molecule has 0 radical (unpaired) electrons. The van der Waals surface area contributed by atoms with Crippen molar-refractivity contribution >= 4 is 18.3 Å². The van der Waals surface area contributed by atoms with E-state index in [0.717, 1.165) is 10.0 Å². The summed E-state index contributed by atoms with van der Waals surface area (Å²) in [4.78, 5) is 0.155. The average molecular weight is 544 g/mol. The maximum Gasteiger partial charge on any atom is 0.264 e. The van der Waals surface area contributed by atoms with Gasteiger partial charge < -0.3 is 28.2 Å². The number of nitrogens with zero attached hydrogens (tertiary/aromatic N) is 1. The number of hydroxylamine groups is 1. The van der Waals surface area contributed by atoms with Crippen molar-refractivity contribution in [3.8, 4) is 0 Å². The summed E-state index contributed by atoms with van der Waals surface area (Å²) in [6.07, 6.45) is -2.98. The number of rotatable bonds is 6. The van der Waals surface area contributed by atoms with E-state index in [1.165, 1.54) is 0 Å². The zero-order valence-corrected chi connectivity index (χ0v) is 24.8. The summed E-state index contributed by atoms with van der Waals surface area (Å²) in [5, 5.41) is -0.226. The number of aryl methyl sites for hydroxylation is 1. The van der Waals surface area contributed by atoms with E-state index in [-0.39, 0.29) is 16.5 Å². The van der Waals surface area contributed by atoms with Gasteiger partial charge in [0.2, 0.25) is 8.32 Å². The third-order valence-corrected chi connectivity index (χ3v) is 13.4. The average Bonchev–Trinajstić information content (AvgIpc) is 3.21. The smallest absolute Gasteiger partial charge is 0.264 e. The molecular weight excluding hydrogens is 502 g/mol. The van der Waals surface area contributed by atoms with E-state index in [4.69, 9.17) is 28.2 Å². The van der Waals surface area contributed by atoms with Crippen LogP contribution in [0.3, 0.4) is 0 Å². The van der Waals surface area contributed by atoms with Crippen molar-refractivity contribution in [1.82, 2.24) is 4.47 Å². The highest BCUT2D eigenvalue weighted by molar-refractivity contribution is 7.89. The molecule has 5 atom stereocenters. The Balaban J connectivity index is 1.70. The van der Waals surface area contributed by atoms with Crippen LogP contribution in [0.1, 0.15) is 54.0 Å². The second-order valence-electron chi connectivity index (χ2n) is 12.4. The first-order valence-corrected chi connectivity index (χ1v) is 16.8. The maximum absolute atomic E-state index is 13.9. The molecule has 1 unspecified atom stereocenters. The quantitative estimate of drug-likeness (QED) is 0.387. The van der Waals surface area contributed by atoms with Crippen LogP contribution < -0.4 is 0 Å². The van der Waals surface area contributed by atoms with Crippen LogP contribution in [0.15, 0.2) is 29.2 Å². The summed E-state index contributed by atoms with van der Waals surface area (Å²) in [6, 6.07) is 6.75. The molecule has 204 valence electrons. The Kier molecular flexibility index (Phi) is 7.11. The molecule has 3 heterocycles. The summed E-state index contributed by atoms with van der Waals surface area (Å²) < 4.78 is 66.2. The van der Waals surface area contributed by atoms with E-state index in [1.54, 1.807) is 24.3 Å². The second-order valence-corrected chi connectivity index (χ2v) is 18.9. The summed E-state index contributed by atoms with van der Waals surface area (Å²) in [5.41, 5.74) is 0.968. The Morgan fingerprint density at radius 1 is 0.917 bits per heavy atom. The molecule has 4 rings (SSSR count). The number of hydrogen-bond donors (Lipinski definition) is 0. The lowest BCUT2D eigenvalue weighted by Crippen LogP contribution is -2.59. The highest BCUT2D eigenvalue weighted by atomic mass is 32.2. The summed E-state index contributed by atoms with van der Waals surface area (Å²) in [5.74, 6) is -1.75. The Bertz CT molecular complexity index is 1070. The van der Waals surface area contributed by atoms with Crippen molar-refractivity contribution in [3.05, 3.63) is 29.8 Å². The van der Waals surface area contributed by atoms with E-state index < -0.39 is 60.6 Å². The van der Waals surface area contributed by atoms with Crippen LogP contribution in [0.5, 0.6) is 0 Å². The number of hydrogen-bond acceptors (Lipinski definition) is 8. The van der Waals surface area contributed by atoms with Crippen LogP contribution in [-0.2, 0) is 38.2 Å². The monoisotopic (exact) mass is 543 g/mol. The van der Waals surface area contributed by atoms with Crippen molar-refractivity contribution in [3.63, 3.8) is 0 Å². The van der Waals surface area contributed by atoms with Gasteiger partial charge >= 0.3 is 0 Å². The van der Waals surface area contributed by atoms with Gasteiger partial charge in [-0.2, -0.15) is 0 Å². The third-order valence-electron chi connectivity index (χ3n) is 7.30. The van der Waals surface area contributed by atoms with Crippen LogP contribution >= 0.6 is 0 Å². The van der Waals surface area contributed by atoms with Gasteiger partial charge in [-0.3, -0.25) is 0 Å². The molecule has 1 aromatic rings. The Morgan fingerprint density at radius 3 is 2.03 bits per heavy atom. The molecule has 9 nitrogen and oxygen atoms in total. The van der Waals surface area contributed by atoms with Crippen molar-refractivity contribution in [2.24, 2.45) is 0 Å². The number of benzene rings is 1. The molecule has 0 spiro atoms. The van der Waals surface area contributed by atoms with E-state index in [0.29, 0.717) is 0 Å². The first kappa shape index (κ1) is 28.1. The molecule has 3 aliphatic heterocycles. The van der Waals surface area contributed by atoms with Crippen LogP contribution in [-0.4, -0.2) is 70.0 Å². The van der Waals surface area contributed by atoms with Gasteiger partial charge in [0.1, 0.15) is 24.4 Å². The molecule has 1 aromatic carbocycles. The highest BCUT2D eigenvalue weighted by Gasteiger charge is 2.61. The molecule has 11 heteroatoms. The summed E-state index contributed by atoms with van der Waals surface area (Å²) in [6.45, 7) is 19.3. The highest BCUT2D eigenvalue weighted by Crippen LogP contribution is 2.45. The molecular formula is C25H41NO8SSi. The predicted molar refractivity (Wildman–Crippen MR) is 136 cm³/mol. The SMILES string of the molecule is Cc1ccc(S(=O)(=O)N(C[C@H]2O[C@@H]3OC(C)(C)OC3[C@H]3OC(C)(C)O[C@H]32)O[Si](C)(C)C(C)(C)C)cc1. The molecule has 0 amide bonds. The van der Waals surface area contributed by atoms with Crippen molar-refractivity contribution in [2.75, 3.05) is 6.54 Å². The van der Waals surface area contributed by atoms with Gasteiger partial charge in [0.25, 0.3) is 10.0 Å². The molecule has 0 aliphatic carbocycles. The molecule has 0 aromatic heterocycles. The van der Waals surface area contributed by atoms with Gasteiger partial charge in [-0.15, -0.1) is 0 Å². The van der Waals surface area contributed by atoms with Gasteiger partial charge in [-0.05, 0) is 64.9 Å². The molecule has 3 saturated heterocycles. The standard InChI is InChI=1S/C25H41NO8SSi/c1-16-11-13-17(14-12-16)35(27,28)26(34-36(9,10)23(2,3)4)15-18-19-20(31-24(5,6)30-19)21-22(29-18)33-25(7,8)32-21/h11-14,18-22H,15H2,1-10H3/t18-,19+,20+,21?,22-/m1/s1. The minimum atomic E-state index is -4.02. The lowest BCUT2D eigenvalue weighted by Gasteiger charge is -2.42. The molecule has 0 bridgehead atoms. The van der Waals surface area contributed by atoms with E-state index in [9.17, 15) is 8.42 Å². The van der Waals surface area contributed by atoms with Gasteiger partial charge in [0.05, 0.1) is 11.4 Å². The maximum atomic E-state index is 13.9. The molecule has 0 N–H and O–H groups in total. The Labute approximate surface area is 216 Å². The van der Waals surface area contributed by atoms with Crippen LogP contribution in [0.2, 0.25) is 18.1 Å². The molecule has 3 fully saturated rings. The minimum absolute atomic E-state index is 0.0870. The predicted octanol–water partition coefficient (Wildman–Crippen LogP) is 4.32. The number of sulfonamides is 1. The molecule has 3 aliphatic rings. The first-order valence-electron chi connectivity index (χ1n) is 12.5. The van der Waals surface area contributed by atoms with Gasteiger partial charge in [-0.25, -0.2) is 8.42 Å². The fraction of sp³-hybridized carbons (Fsp3) is 0.760. The molecule has 36 heavy (non-hydrogen) atoms. The van der Waals surface area contributed by atoms with Crippen molar-refractivity contribution < 1.29 is 36.6 Å². The largest absolute Gasteiger partial charge is 0.342 e. The van der Waals surface area contributed by atoms with Crippen LogP contribution in [0, 0.1) is 6.92 Å². The topological polar surface area (TPSA) is 92.8 Å². The molecule has 0 saturated carbocycles. The fourth-order valence-corrected chi connectivity index (χ4v) is 7.26. The van der Waals surface area contributed by atoms with Gasteiger partial charge in [0, 0.05) is 0 Å². The van der Waals surface area contributed by atoms with Gasteiger partial charge in [0.15, 0.2) is 17.9 Å². The Morgan fingerprint density at radius 2 is 1.44 bits per heavy atom. The minimum Gasteiger partial charge on any atom is -0.342 e. The third kappa shape index (κ3) is 5.45. The Hall–Kier alpha value is -0.893. The van der Waals surface area contributed by atoms with E-state index >= 15 is 0 Å². The summed E-state index contributed by atoms with van der Waals surface area (Å²) >= 11 is 0. The lowest BCUT2D eigenvalue weighted by atomic mass is 9.99. The summed E-state index contributed by atoms with van der Waals surface area (Å²) in [7, 11) is -6.57. The van der Waals surface area contributed by atoms with Crippen LogP contribution in [0.25, 0.3) is 0 Å².